The van der Waals surface area contributed by atoms with Gasteiger partial charge in [-0.15, -0.1) is 0 Å². The van der Waals surface area contributed by atoms with E-state index in [-0.39, 0.29) is 31.0 Å². The number of nitrogens with zero attached hydrogens (tertiary/aromatic N) is 2. The Balaban J connectivity index is 1.36. The molecule has 1 aliphatic carbocycles. The molecule has 1 saturated heterocycles. The monoisotopic (exact) mass is 534 g/mol. The van der Waals surface area contributed by atoms with Gasteiger partial charge in [0, 0.05) is 19.1 Å². The summed E-state index contributed by atoms with van der Waals surface area (Å²) in [5, 5.41) is 9.77. The summed E-state index contributed by atoms with van der Waals surface area (Å²) in [6.45, 7) is 0.766. The molecule has 37 heavy (non-hydrogen) atoms. The Labute approximate surface area is 219 Å². The molecule has 0 spiro atoms. The van der Waals surface area contributed by atoms with E-state index in [0.29, 0.717) is 19.4 Å². The average Bonchev–Trinajstić information content (AvgIpc) is 3.32. The number of halogens is 1. The lowest BCUT2D eigenvalue weighted by molar-refractivity contribution is -0.00933. The summed E-state index contributed by atoms with van der Waals surface area (Å²) in [5.41, 5.74) is 2.00. The number of likely N-dealkylation sites (tertiary alicyclic amines) is 1. The first-order chi connectivity index (χ1) is 17.9. The van der Waals surface area contributed by atoms with Gasteiger partial charge in [-0.1, -0.05) is 24.3 Å². The average molecular weight is 535 g/mol. The number of carboxylic acid groups (broad SMARTS) is 1. The number of ether oxygens (including phenoxy) is 2. The molecule has 0 bridgehead atoms. The van der Waals surface area contributed by atoms with E-state index in [4.69, 9.17) is 9.47 Å². The number of benzene rings is 2. The second-order valence-electron chi connectivity index (χ2n) is 9.73. The highest BCUT2D eigenvalue weighted by molar-refractivity contribution is 7.76. The van der Waals surface area contributed by atoms with Crippen molar-refractivity contribution in [2.75, 3.05) is 26.8 Å². The highest BCUT2D eigenvalue weighted by Crippen LogP contribution is 2.35. The summed E-state index contributed by atoms with van der Waals surface area (Å²) in [6.07, 6.45) is 3.29. The number of rotatable bonds is 10. The lowest BCUT2D eigenvalue weighted by Crippen LogP contribution is -2.50. The largest absolute Gasteiger partial charge is 0.497 e. The van der Waals surface area contributed by atoms with Crippen molar-refractivity contribution in [2.45, 2.75) is 62.6 Å². The fourth-order valence-electron chi connectivity index (χ4n) is 5.56. The normalized spacial score (nSPS) is 24.8. The molecule has 2 N–H and O–H groups in total. The molecular formula is C27H35FN2O6S. The van der Waals surface area contributed by atoms with E-state index < -0.39 is 29.4 Å². The van der Waals surface area contributed by atoms with Crippen molar-refractivity contribution in [2.24, 2.45) is 0 Å². The number of methoxy groups -OCH3 is 1. The van der Waals surface area contributed by atoms with Crippen molar-refractivity contribution in [3.63, 3.8) is 0 Å². The molecule has 0 aromatic heterocycles. The van der Waals surface area contributed by atoms with Gasteiger partial charge in [0.1, 0.15) is 11.6 Å². The number of amides is 1. The van der Waals surface area contributed by atoms with Crippen LogP contribution in [-0.4, -0.2) is 74.2 Å². The van der Waals surface area contributed by atoms with Crippen molar-refractivity contribution >= 4 is 17.4 Å². The third kappa shape index (κ3) is 7.07. The molecule has 2 aliphatic rings. The Morgan fingerprint density at radius 1 is 1.14 bits per heavy atom. The maximum atomic E-state index is 13.6. The van der Waals surface area contributed by atoms with Crippen molar-refractivity contribution < 1.29 is 32.5 Å². The van der Waals surface area contributed by atoms with Crippen LogP contribution in [0.2, 0.25) is 0 Å². The number of carbonyl (C=O) groups is 1. The van der Waals surface area contributed by atoms with Gasteiger partial charge in [-0.05, 0) is 79.8 Å². The predicted molar refractivity (Wildman–Crippen MR) is 138 cm³/mol. The molecule has 1 unspecified atom stereocenters. The maximum Gasteiger partial charge on any atom is 0.407 e. The van der Waals surface area contributed by atoms with Gasteiger partial charge in [0.25, 0.3) is 0 Å². The third-order valence-electron chi connectivity index (χ3n) is 7.60. The van der Waals surface area contributed by atoms with Gasteiger partial charge in [-0.25, -0.2) is 13.4 Å². The molecule has 10 heteroatoms. The van der Waals surface area contributed by atoms with Crippen LogP contribution in [0.25, 0.3) is 0 Å². The first-order valence-corrected chi connectivity index (χ1v) is 13.8. The Bertz CT molecular complexity index is 1060. The zero-order chi connectivity index (χ0) is 26.4. The molecule has 2 fully saturated rings. The van der Waals surface area contributed by atoms with Crippen LogP contribution >= 0.6 is 0 Å². The minimum absolute atomic E-state index is 0.0194. The molecule has 1 amide bonds. The standard InChI is InChI=1S/C27H35FN2O6S/c1-35-23-9-5-19(6-10-23)13-16-30(37(33)34)25-14-15-29(27(31)32)26(25)18-36-24-11-7-20(8-12-24)21-3-2-4-22(28)17-21/h2-6,9-10,17,20,24-26H,7-8,11-16,18H2,1H3,(H,31,32)(H,33,34)/t20?,24?,25-,26-/m0/s1. The topological polar surface area (TPSA) is 99.5 Å². The van der Waals surface area contributed by atoms with Crippen LogP contribution in [0, 0.1) is 5.82 Å². The summed E-state index contributed by atoms with van der Waals surface area (Å²) in [4.78, 5) is 13.3. The minimum Gasteiger partial charge on any atom is -0.497 e. The van der Waals surface area contributed by atoms with Crippen LogP contribution in [0.1, 0.15) is 49.1 Å². The van der Waals surface area contributed by atoms with Crippen molar-refractivity contribution in [3.8, 4) is 5.75 Å². The van der Waals surface area contributed by atoms with E-state index >= 15 is 0 Å². The highest BCUT2D eigenvalue weighted by Gasteiger charge is 2.42. The summed E-state index contributed by atoms with van der Waals surface area (Å²) >= 11 is -2.26. The van der Waals surface area contributed by atoms with Crippen molar-refractivity contribution in [3.05, 3.63) is 65.5 Å². The second-order valence-corrected chi connectivity index (χ2v) is 10.7. The van der Waals surface area contributed by atoms with E-state index in [2.05, 4.69) is 0 Å². The maximum absolute atomic E-state index is 13.6. The summed E-state index contributed by atoms with van der Waals surface area (Å²) in [6, 6.07) is 13.3. The van der Waals surface area contributed by atoms with Crippen LogP contribution in [-0.2, 0) is 22.4 Å². The lowest BCUT2D eigenvalue weighted by atomic mass is 9.82. The number of hydrogen-bond acceptors (Lipinski definition) is 4. The Morgan fingerprint density at radius 3 is 2.49 bits per heavy atom. The minimum atomic E-state index is -2.26. The zero-order valence-corrected chi connectivity index (χ0v) is 21.8. The smallest absolute Gasteiger partial charge is 0.407 e. The first-order valence-electron chi connectivity index (χ1n) is 12.7. The van der Waals surface area contributed by atoms with Gasteiger partial charge in [-0.2, -0.15) is 4.31 Å². The molecule has 2 aromatic carbocycles. The number of hydrogen-bond donors (Lipinski definition) is 2. The van der Waals surface area contributed by atoms with Gasteiger partial charge >= 0.3 is 6.09 Å². The van der Waals surface area contributed by atoms with Crippen molar-refractivity contribution in [1.29, 1.82) is 0 Å². The molecule has 8 nitrogen and oxygen atoms in total. The highest BCUT2D eigenvalue weighted by atomic mass is 32.2. The Kier molecular flexibility index (Phi) is 9.53. The molecule has 1 aliphatic heterocycles. The molecule has 2 aromatic rings. The van der Waals surface area contributed by atoms with Crippen LogP contribution in [0.4, 0.5) is 9.18 Å². The molecule has 3 atom stereocenters. The van der Waals surface area contributed by atoms with E-state index in [1.165, 1.54) is 15.3 Å². The van der Waals surface area contributed by atoms with Crippen LogP contribution in [0.5, 0.6) is 5.75 Å². The van der Waals surface area contributed by atoms with Crippen molar-refractivity contribution in [1.82, 2.24) is 9.21 Å². The third-order valence-corrected chi connectivity index (χ3v) is 8.46. The molecule has 1 heterocycles. The Morgan fingerprint density at radius 2 is 1.86 bits per heavy atom. The van der Waals surface area contributed by atoms with Gasteiger partial charge in [0.15, 0.2) is 0 Å². The van der Waals surface area contributed by atoms with Gasteiger partial charge in [0.2, 0.25) is 11.3 Å². The summed E-state index contributed by atoms with van der Waals surface area (Å²) in [7, 11) is 1.60. The second kappa shape index (κ2) is 12.8. The van der Waals surface area contributed by atoms with E-state index in [1.807, 2.05) is 30.3 Å². The molecular weight excluding hydrogens is 499 g/mol. The summed E-state index contributed by atoms with van der Waals surface area (Å²) < 4.78 is 48.9. The molecule has 202 valence electrons. The van der Waals surface area contributed by atoms with Crippen LogP contribution < -0.4 is 4.74 Å². The van der Waals surface area contributed by atoms with Crippen LogP contribution in [0.15, 0.2) is 48.5 Å². The Hall–Kier alpha value is -2.53. The quantitative estimate of drug-likeness (QED) is 0.430. The zero-order valence-electron chi connectivity index (χ0n) is 21.0. The van der Waals surface area contributed by atoms with E-state index in [0.717, 1.165) is 42.6 Å². The van der Waals surface area contributed by atoms with E-state index in [1.54, 1.807) is 19.2 Å². The molecule has 1 saturated carbocycles. The summed E-state index contributed by atoms with van der Waals surface area (Å²) in [5.74, 6) is 0.798. The predicted octanol–water partition coefficient (Wildman–Crippen LogP) is 4.68. The lowest BCUT2D eigenvalue weighted by Gasteiger charge is -2.34. The van der Waals surface area contributed by atoms with Gasteiger partial charge in [0.05, 0.1) is 25.9 Å². The van der Waals surface area contributed by atoms with Gasteiger partial charge < -0.3 is 19.5 Å². The van der Waals surface area contributed by atoms with E-state index in [9.17, 15) is 23.1 Å². The van der Waals surface area contributed by atoms with Crippen LogP contribution in [0.3, 0.4) is 0 Å². The molecule has 0 radical (unpaired) electrons. The van der Waals surface area contributed by atoms with Gasteiger partial charge in [-0.3, -0.25) is 4.55 Å². The molecule has 4 rings (SSSR count). The SMILES string of the molecule is COc1ccc(CCN([C@H]2CCN(C(=O)O)[C@H]2COC2CCC(c3cccc(F)c3)CC2)S(=O)O)cc1. The first kappa shape index (κ1) is 27.5. The fraction of sp³-hybridized carbons (Fsp3) is 0.519. The fourth-order valence-corrected chi connectivity index (χ4v) is 6.29.